The van der Waals surface area contributed by atoms with Gasteiger partial charge in [0.15, 0.2) is 5.96 Å². The Morgan fingerprint density at radius 3 is 2.36 bits per heavy atom. The van der Waals surface area contributed by atoms with E-state index in [1.54, 1.807) is 14.1 Å². The highest BCUT2D eigenvalue weighted by Gasteiger charge is 2.23. The number of piperidine rings is 1. The van der Waals surface area contributed by atoms with Crippen LogP contribution in [0.5, 0.6) is 0 Å². The Labute approximate surface area is 132 Å². The van der Waals surface area contributed by atoms with Gasteiger partial charge in [0.2, 0.25) is 11.8 Å². The van der Waals surface area contributed by atoms with Crippen molar-refractivity contribution in [1.82, 2.24) is 20.9 Å². The van der Waals surface area contributed by atoms with Crippen molar-refractivity contribution in [2.45, 2.75) is 39.2 Å². The summed E-state index contributed by atoms with van der Waals surface area (Å²) in [5.41, 5.74) is 0. The van der Waals surface area contributed by atoms with Gasteiger partial charge in [-0.1, -0.05) is 0 Å². The molecule has 1 aliphatic rings. The second-order valence-electron chi connectivity index (χ2n) is 5.93. The minimum atomic E-state index is -0.0364. The van der Waals surface area contributed by atoms with E-state index in [4.69, 9.17) is 0 Å². The summed E-state index contributed by atoms with van der Waals surface area (Å²) < 4.78 is 0. The van der Waals surface area contributed by atoms with Gasteiger partial charge in [-0.3, -0.25) is 14.6 Å². The van der Waals surface area contributed by atoms with Gasteiger partial charge in [-0.25, -0.2) is 0 Å². The average Bonchev–Trinajstić information content (AvgIpc) is 2.48. The molecule has 1 heterocycles. The molecule has 1 aliphatic heterocycles. The molecule has 1 fully saturated rings. The number of aliphatic imine (C=N–C) groups is 1. The van der Waals surface area contributed by atoms with Crippen molar-refractivity contribution in [3.8, 4) is 0 Å². The van der Waals surface area contributed by atoms with Crippen molar-refractivity contribution in [1.29, 1.82) is 0 Å². The highest BCUT2D eigenvalue weighted by molar-refractivity contribution is 5.86. The van der Waals surface area contributed by atoms with E-state index >= 15 is 0 Å². The van der Waals surface area contributed by atoms with Crippen LogP contribution in [0.3, 0.4) is 0 Å². The molecular weight excluding hydrogens is 282 g/mol. The smallest absolute Gasteiger partial charge is 0.239 e. The zero-order valence-corrected chi connectivity index (χ0v) is 14.1. The van der Waals surface area contributed by atoms with Crippen molar-refractivity contribution in [3.05, 3.63) is 0 Å². The van der Waals surface area contributed by atoms with Gasteiger partial charge in [-0.2, -0.15) is 0 Å². The lowest BCUT2D eigenvalue weighted by atomic mass is 9.93. The molecule has 0 radical (unpaired) electrons. The molecule has 0 unspecified atom stereocenters. The normalized spacial score (nSPS) is 16.6. The monoisotopic (exact) mass is 311 g/mol. The molecule has 0 saturated carbocycles. The molecule has 22 heavy (non-hydrogen) atoms. The van der Waals surface area contributed by atoms with E-state index in [1.165, 1.54) is 0 Å². The number of hydrogen-bond donors (Lipinski definition) is 3. The maximum atomic E-state index is 11.7. The molecule has 0 aliphatic carbocycles. The number of hydrogen-bond acceptors (Lipinski definition) is 3. The molecule has 7 nitrogen and oxygen atoms in total. The molecule has 2 amide bonds. The van der Waals surface area contributed by atoms with Crippen molar-refractivity contribution < 1.29 is 9.59 Å². The molecule has 0 aromatic rings. The molecule has 0 spiro atoms. The maximum absolute atomic E-state index is 11.7. The molecule has 7 heteroatoms. The first-order valence-electron chi connectivity index (χ1n) is 7.91. The number of nitrogens with one attached hydrogen (secondary N) is 3. The molecule has 0 aromatic heterocycles. The van der Waals surface area contributed by atoms with Crippen LogP contribution < -0.4 is 16.0 Å². The lowest BCUT2D eigenvalue weighted by molar-refractivity contribution is -0.122. The summed E-state index contributed by atoms with van der Waals surface area (Å²) >= 11 is 0. The van der Waals surface area contributed by atoms with E-state index in [9.17, 15) is 9.59 Å². The van der Waals surface area contributed by atoms with Crippen molar-refractivity contribution in [2.75, 3.05) is 33.7 Å². The topological polar surface area (TPSA) is 85.8 Å². The lowest BCUT2D eigenvalue weighted by Crippen LogP contribution is -2.49. The first kappa shape index (κ1) is 18.3. The molecule has 126 valence electrons. The largest absolute Gasteiger partial charge is 0.359 e. The summed E-state index contributed by atoms with van der Waals surface area (Å²) in [6, 6.07) is 0.136. The fourth-order valence-corrected chi connectivity index (χ4v) is 2.58. The summed E-state index contributed by atoms with van der Waals surface area (Å²) in [6.45, 7) is 5.80. The van der Waals surface area contributed by atoms with E-state index in [2.05, 4.69) is 25.8 Å². The van der Waals surface area contributed by atoms with E-state index in [0.29, 0.717) is 12.3 Å². The molecule has 0 bridgehead atoms. The second kappa shape index (κ2) is 9.27. The minimum Gasteiger partial charge on any atom is -0.359 e. The van der Waals surface area contributed by atoms with Crippen LogP contribution in [0, 0.1) is 5.92 Å². The van der Waals surface area contributed by atoms with Crippen molar-refractivity contribution in [2.24, 2.45) is 10.9 Å². The maximum Gasteiger partial charge on any atom is 0.239 e. The Balaban J connectivity index is 2.37. The van der Waals surface area contributed by atoms with Crippen LogP contribution in [0.25, 0.3) is 0 Å². The second-order valence-corrected chi connectivity index (χ2v) is 5.93. The SMILES string of the molecule is CN=C(NCC(=O)NC(C)C)N1CCC(CC(=O)NC)CC1. The van der Waals surface area contributed by atoms with E-state index in [1.807, 2.05) is 13.8 Å². The lowest BCUT2D eigenvalue weighted by Gasteiger charge is -2.34. The summed E-state index contributed by atoms with van der Waals surface area (Å²) in [4.78, 5) is 29.5. The number of carbonyl (C=O) groups is 2. The number of carbonyl (C=O) groups excluding carboxylic acids is 2. The third-order valence-electron chi connectivity index (χ3n) is 3.74. The first-order valence-corrected chi connectivity index (χ1v) is 7.91. The van der Waals surface area contributed by atoms with Crippen LogP contribution in [0.2, 0.25) is 0 Å². The predicted molar refractivity (Wildman–Crippen MR) is 87.6 cm³/mol. The standard InChI is InChI=1S/C15H29N5O2/c1-11(2)19-14(22)10-18-15(17-4)20-7-5-12(6-8-20)9-13(21)16-3/h11-12H,5-10H2,1-4H3,(H,16,21)(H,17,18)(H,19,22). The quantitative estimate of drug-likeness (QED) is 0.490. The molecule has 0 atom stereocenters. The fraction of sp³-hybridized carbons (Fsp3) is 0.800. The Kier molecular flexibility index (Phi) is 7.70. The molecule has 0 aromatic carbocycles. The third kappa shape index (κ3) is 6.32. The van der Waals surface area contributed by atoms with Gasteiger partial charge >= 0.3 is 0 Å². The Hall–Kier alpha value is -1.79. The summed E-state index contributed by atoms with van der Waals surface area (Å²) in [7, 11) is 3.39. The molecule has 1 saturated heterocycles. The summed E-state index contributed by atoms with van der Waals surface area (Å²) in [5, 5.41) is 8.61. The minimum absolute atomic E-state index is 0.0364. The highest BCUT2D eigenvalue weighted by Crippen LogP contribution is 2.20. The van der Waals surface area contributed by atoms with Gasteiger partial charge in [0.1, 0.15) is 0 Å². The van der Waals surface area contributed by atoms with Gasteiger partial charge in [0, 0.05) is 39.6 Å². The zero-order valence-electron chi connectivity index (χ0n) is 14.1. The van der Waals surface area contributed by atoms with Crippen LogP contribution in [-0.4, -0.2) is 62.4 Å². The van der Waals surface area contributed by atoms with Crippen molar-refractivity contribution >= 4 is 17.8 Å². The number of amides is 2. The highest BCUT2D eigenvalue weighted by atomic mass is 16.2. The number of nitrogens with zero attached hydrogens (tertiary/aromatic N) is 2. The molecule has 3 N–H and O–H groups in total. The summed E-state index contributed by atoms with van der Waals surface area (Å²) in [6.07, 6.45) is 2.52. The van der Waals surface area contributed by atoms with Gasteiger partial charge in [0.05, 0.1) is 6.54 Å². The predicted octanol–water partition coefficient (Wildman–Crippen LogP) is -0.0655. The Morgan fingerprint density at radius 1 is 1.23 bits per heavy atom. The number of guanidine groups is 1. The zero-order chi connectivity index (χ0) is 16.5. The Morgan fingerprint density at radius 2 is 1.86 bits per heavy atom. The van der Waals surface area contributed by atoms with Gasteiger partial charge in [0.25, 0.3) is 0 Å². The van der Waals surface area contributed by atoms with E-state index < -0.39 is 0 Å². The average molecular weight is 311 g/mol. The summed E-state index contributed by atoms with van der Waals surface area (Å²) in [5.74, 6) is 1.24. The van der Waals surface area contributed by atoms with Crippen LogP contribution in [0.15, 0.2) is 4.99 Å². The van der Waals surface area contributed by atoms with Crippen molar-refractivity contribution in [3.63, 3.8) is 0 Å². The van der Waals surface area contributed by atoms with Gasteiger partial charge < -0.3 is 20.9 Å². The molecule has 1 rings (SSSR count). The van der Waals surface area contributed by atoms with Crippen LogP contribution in [0.1, 0.15) is 33.1 Å². The van der Waals surface area contributed by atoms with Crippen LogP contribution in [-0.2, 0) is 9.59 Å². The number of likely N-dealkylation sites (tertiary alicyclic amines) is 1. The van der Waals surface area contributed by atoms with Crippen LogP contribution >= 0.6 is 0 Å². The Bertz CT molecular complexity index is 401. The fourth-order valence-electron chi connectivity index (χ4n) is 2.58. The third-order valence-corrected chi connectivity index (χ3v) is 3.74. The first-order chi connectivity index (χ1) is 10.5. The number of rotatable bonds is 5. The molecular formula is C15H29N5O2. The van der Waals surface area contributed by atoms with Gasteiger partial charge in [-0.05, 0) is 32.6 Å². The van der Waals surface area contributed by atoms with Crippen LogP contribution in [0.4, 0.5) is 0 Å². The van der Waals surface area contributed by atoms with Gasteiger partial charge in [-0.15, -0.1) is 0 Å². The van der Waals surface area contributed by atoms with E-state index in [0.717, 1.165) is 31.9 Å². The van der Waals surface area contributed by atoms with E-state index in [-0.39, 0.29) is 24.4 Å².